The predicted molar refractivity (Wildman–Crippen MR) is 87.4 cm³/mol. The minimum atomic E-state index is -0.119. The summed E-state index contributed by atoms with van der Waals surface area (Å²) in [7, 11) is 0. The number of nitrogens with one attached hydrogen (secondary N) is 1. The Kier molecular flexibility index (Phi) is 7.00. The van der Waals surface area contributed by atoms with Crippen molar-refractivity contribution in [3.05, 3.63) is 28.2 Å². The maximum Gasteiger partial charge on any atom is 0.133 e. The largest absolute Gasteiger partial charge is 0.490 e. The van der Waals surface area contributed by atoms with Gasteiger partial charge in [0.15, 0.2) is 0 Å². The number of hydrogen-bond acceptors (Lipinski definition) is 3. The molecule has 0 heterocycles. The molecule has 0 saturated carbocycles. The Bertz CT molecular complexity index is 415. The van der Waals surface area contributed by atoms with E-state index in [1.165, 1.54) is 5.56 Å². The fourth-order valence-corrected chi connectivity index (χ4v) is 2.34. The van der Waals surface area contributed by atoms with Gasteiger partial charge in [-0.2, -0.15) is 0 Å². The summed E-state index contributed by atoms with van der Waals surface area (Å²) in [5, 5.41) is 3.40. The van der Waals surface area contributed by atoms with Gasteiger partial charge in [0.25, 0.3) is 0 Å². The van der Waals surface area contributed by atoms with E-state index in [1.54, 1.807) is 0 Å². The van der Waals surface area contributed by atoms with Crippen molar-refractivity contribution >= 4 is 15.9 Å². The molecule has 0 aliphatic carbocycles. The molecule has 0 bridgehead atoms. The number of benzene rings is 1. The molecule has 114 valence electrons. The highest BCUT2D eigenvalue weighted by Crippen LogP contribution is 2.28. The number of rotatable bonds is 7. The molecule has 0 spiro atoms. The summed E-state index contributed by atoms with van der Waals surface area (Å²) >= 11 is 3.56. The molecule has 0 radical (unpaired) electrons. The van der Waals surface area contributed by atoms with Gasteiger partial charge in [-0.3, -0.25) is 0 Å². The average Bonchev–Trinajstić information content (AvgIpc) is 2.35. The van der Waals surface area contributed by atoms with Gasteiger partial charge in [0, 0.05) is 6.04 Å². The molecule has 0 fully saturated rings. The maximum absolute atomic E-state index is 5.73. The minimum absolute atomic E-state index is 0.119. The molecule has 0 saturated heterocycles. The van der Waals surface area contributed by atoms with Crippen molar-refractivity contribution in [1.82, 2.24) is 5.32 Å². The highest BCUT2D eigenvalue weighted by Gasteiger charge is 2.10. The molecule has 20 heavy (non-hydrogen) atoms. The van der Waals surface area contributed by atoms with E-state index < -0.39 is 0 Å². The summed E-state index contributed by atoms with van der Waals surface area (Å²) in [5.41, 5.74) is 1.13. The molecule has 1 rings (SSSR count). The van der Waals surface area contributed by atoms with E-state index in [-0.39, 0.29) is 5.60 Å². The number of ether oxygens (including phenoxy) is 2. The minimum Gasteiger partial charge on any atom is -0.490 e. The SMILES string of the molecule is CCNC(C)c1ccc(OCCOC(C)(C)C)c(Br)c1. The van der Waals surface area contributed by atoms with Crippen LogP contribution in [-0.4, -0.2) is 25.4 Å². The summed E-state index contributed by atoms with van der Waals surface area (Å²) in [4.78, 5) is 0. The van der Waals surface area contributed by atoms with Crippen molar-refractivity contribution in [3.8, 4) is 5.75 Å². The van der Waals surface area contributed by atoms with Crippen molar-refractivity contribution < 1.29 is 9.47 Å². The Morgan fingerprint density at radius 2 is 1.95 bits per heavy atom. The molecule has 0 aliphatic heterocycles. The zero-order chi connectivity index (χ0) is 15.2. The van der Waals surface area contributed by atoms with Crippen LogP contribution in [0.3, 0.4) is 0 Å². The van der Waals surface area contributed by atoms with E-state index in [9.17, 15) is 0 Å². The molecule has 3 nitrogen and oxygen atoms in total. The lowest BCUT2D eigenvalue weighted by Crippen LogP contribution is -2.22. The predicted octanol–water partition coefficient (Wildman–Crippen LogP) is 4.31. The Balaban J connectivity index is 2.52. The van der Waals surface area contributed by atoms with Gasteiger partial charge in [-0.1, -0.05) is 13.0 Å². The first-order chi connectivity index (χ1) is 9.33. The summed E-state index contributed by atoms with van der Waals surface area (Å²) in [5.74, 6) is 0.856. The van der Waals surface area contributed by atoms with E-state index in [2.05, 4.69) is 47.2 Å². The first-order valence-corrected chi connectivity index (χ1v) is 7.92. The lowest BCUT2D eigenvalue weighted by Gasteiger charge is -2.20. The van der Waals surface area contributed by atoms with Crippen LogP contribution in [0.25, 0.3) is 0 Å². The van der Waals surface area contributed by atoms with Crippen molar-refractivity contribution in [2.45, 2.75) is 46.3 Å². The molecule has 0 aromatic heterocycles. The smallest absolute Gasteiger partial charge is 0.133 e. The average molecular weight is 344 g/mol. The topological polar surface area (TPSA) is 30.5 Å². The number of hydrogen-bond donors (Lipinski definition) is 1. The zero-order valence-corrected chi connectivity index (χ0v) is 14.7. The fraction of sp³-hybridized carbons (Fsp3) is 0.625. The van der Waals surface area contributed by atoms with Gasteiger partial charge in [0.2, 0.25) is 0 Å². The van der Waals surface area contributed by atoms with Crippen LogP contribution >= 0.6 is 15.9 Å². The summed E-state index contributed by atoms with van der Waals surface area (Å²) in [6.07, 6.45) is 0. The van der Waals surface area contributed by atoms with E-state index in [0.29, 0.717) is 19.3 Å². The van der Waals surface area contributed by atoms with Gasteiger partial charge >= 0.3 is 0 Å². The molecule has 1 atom stereocenters. The molecule has 1 unspecified atom stereocenters. The molecular weight excluding hydrogens is 318 g/mol. The molecule has 1 N–H and O–H groups in total. The van der Waals surface area contributed by atoms with E-state index >= 15 is 0 Å². The first kappa shape index (κ1) is 17.5. The number of halogens is 1. The second-order valence-electron chi connectivity index (χ2n) is 5.78. The third-order valence-corrected chi connectivity index (χ3v) is 3.46. The highest BCUT2D eigenvalue weighted by atomic mass is 79.9. The second kappa shape index (κ2) is 8.01. The van der Waals surface area contributed by atoms with Crippen LogP contribution in [0, 0.1) is 0 Å². The second-order valence-corrected chi connectivity index (χ2v) is 6.63. The van der Waals surface area contributed by atoms with Crippen molar-refractivity contribution in [2.24, 2.45) is 0 Å². The molecule has 1 aromatic carbocycles. The van der Waals surface area contributed by atoms with Crippen LogP contribution in [0.5, 0.6) is 5.75 Å². The van der Waals surface area contributed by atoms with Gasteiger partial charge in [-0.15, -0.1) is 0 Å². The molecular formula is C16H26BrNO2. The molecule has 0 amide bonds. The van der Waals surface area contributed by atoms with Crippen LogP contribution in [0.15, 0.2) is 22.7 Å². The molecule has 0 aliphatic rings. The quantitative estimate of drug-likeness (QED) is 0.748. The molecule has 1 aromatic rings. The highest BCUT2D eigenvalue weighted by molar-refractivity contribution is 9.10. The standard InChI is InChI=1S/C16H26BrNO2/c1-6-18-12(2)13-7-8-15(14(17)11-13)19-9-10-20-16(3,4)5/h7-8,11-12,18H,6,9-10H2,1-5H3. The summed E-state index contributed by atoms with van der Waals surface area (Å²) < 4.78 is 12.4. The Morgan fingerprint density at radius 3 is 2.50 bits per heavy atom. The van der Waals surface area contributed by atoms with Gasteiger partial charge in [-0.05, 0) is 67.9 Å². The molecule has 4 heteroatoms. The van der Waals surface area contributed by atoms with Crippen LogP contribution in [0.2, 0.25) is 0 Å². The third-order valence-electron chi connectivity index (χ3n) is 2.84. The van der Waals surface area contributed by atoms with Crippen molar-refractivity contribution in [1.29, 1.82) is 0 Å². The van der Waals surface area contributed by atoms with Gasteiger partial charge < -0.3 is 14.8 Å². The summed E-state index contributed by atoms with van der Waals surface area (Å²) in [6.45, 7) is 12.5. The zero-order valence-electron chi connectivity index (χ0n) is 13.1. The van der Waals surface area contributed by atoms with Crippen LogP contribution in [-0.2, 0) is 4.74 Å². The Hall–Kier alpha value is -0.580. The lowest BCUT2D eigenvalue weighted by atomic mass is 10.1. The normalized spacial score (nSPS) is 13.3. The van der Waals surface area contributed by atoms with E-state index in [1.807, 2.05) is 26.8 Å². The summed E-state index contributed by atoms with van der Waals surface area (Å²) in [6, 6.07) is 6.55. The van der Waals surface area contributed by atoms with Gasteiger partial charge in [0.1, 0.15) is 12.4 Å². The van der Waals surface area contributed by atoms with Crippen molar-refractivity contribution in [2.75, 3.05) is 19.8 Å². The van der Waals surface area contributed by atoms with Gasteiger partial charge in [-0.25, -0.2) is 0 Å². The first-order valence-electron chi connectivity index (χ1n) is 7.13. The maximum atomic E-state index is 5.73. The van der Waals surface area contributed by atoms with Crippen molar-refractivity contribution in [3.63, 3.8) is 0 Å². The monoisotopic (exact) mass is 343 g/mol. The fourth-order valence-electron chi connectivity index (χ4n) is 1.83. The van der Waals surface area contributed by atoms with Crippen LogP contribution in [0.1, 0.15) is 46.2 Å². The van der Waals surface area contributed by atoms with Crippen LogP contribution < -0.4 is 10.1 Å². The van der Waals surface area contributed by atoms with E-state index in [0.717, 1.165) is 16.8 Å². The van der Waals surface area contributed by atoms with E-state index in [4.69, 9.17) is 9.47 Å². The lowest BCUT2D eigenvalue weighted by molar-refractivity contribution is -0.0163. The van der Waals surface area contributed by atoms with Crippen LogP contribution in [0.4, 0.5) is 0 Å². The Labute approximate surface area is 131 Å². The third kappa shape index (κ3) is 6.25. The van der Waals surface area contributed by atoms with Gasteiger partial charge in [0.05, 0.1) is 16.7 Å². The Morgan fingerprint density at radius 1 is 1.25 bits per heavy atom.